The molecule has 0 spiro atoms. The maximum absolute atomic E-state index is 13.8. The summed E-state index contributed by atoms with van der Waals surface area (Å²) in [6.45, 7) is 14.7. The van der Waals surface area contributed by atoms with Crippen molar-refractivity contribution in [1.82, 2.24) is 9.22 Å². The number of benzene rings is 3. The van der Waals surface area contributed by atoms with Crippen molar-refractivity contribution < 1.29 is 14.3 Å². The van der Waals surface area contributed by atoms with Gasteiger partial charge < -0.3 is 13.7 Å². The first-order valence-corrected chi connectivity index (χ1v) is 17.3. The molecule has 0 aliphatic carbocycles. The minimum absolute atomic E-state index is 0.115. The summed E-state index contributed by atoms with van der Waals surface area (Å²) in [5.74, 6) is 1.22. The molecular formula is C37H42N2O3Si. The predicted octanol–water partition coefficient (Wildman–Crippen LogP) is 9.55. The lowest BCUT2D eigenvalue weighted by Gasteiger charge is -2.44. The van der Waals surface area contributed by atoms with Crippen molar-refractivity contribution in [3.8, 4) is 22.6 Å². The van der Waals surface area contributed by atoms with Gasteiger partial charge in [-0.15, -0.1) is 0 Å². The van der Waals surface area contributed by atoms with E-state index in [1.165, 1.54) is 10.9 Å². The summed E-state index contributed by atoms with van der Waals surface area (Å²) in [4.78, 5) is 18.0. The van der Waals surface area contributed by atoms with Crippen LogP contribution in [0.5, 0.6) is 11.5 Å². The second-order valence-corrected chi connectivity index (χ2v) is 17.9. The second kappa shape index (κ2) is 12.6. The lowest BCUT2D eigenvalue weighted by molar-refractivity contribution is 0.103. The number of nitrogens with zero attached hydrogens (tertiary/aromatic N) is 2. The van der Waals surface area contributed by atoms with Gasteiger partial charge in [0.2, 0.25) is 0 Å². The third kappa shape index (κ3) is 5.64. The summed E-state index contributed by atoms with van der Waals surface area (Å²) in [5.41, 5.74) is 7.14. The number of carbonyl (C=O) groups is 1. The highest BCUT2D eigenvalue weighted by molar-refractivity contribution is 6.82. The molecule has 0 amide bonds. The van der Waals surface area contributed by atoms with Gasteiger partial charge >= 0.3 is 0 Å². The first-order chi connectivity index (χ1) is 20.7. The summed E-state index contributed by atoms with van der Waals surface area (Å²) in [7, 11) is -0.294. The normalized spacial score (nSPS) is 12.0. The molecule has 5 aromatic rings. The molecule has 0 aliphatic heterocycles. The van der Waals surface area contributed by atoms with Crippen molar-refractivity contribution in [1.29, 1.82) is 0 Å². The highest BCUT2D eigenvalue weighted by Gasteiger charge is 2.45. The van der Waals surface area contributed by atoms with Crippen LogP contribution in [0.15, 0.2) is 97.5 Å². The molecule has 5 rings (SSSR count). The van der Waals surface area contributed by atoms with Gasteiger partial charge in [-0.2, -0.15) is 0 Å². The molecular weight excluding hydrogens is 549 g/mol. The number of methoxy groups -OCH3 is 1. The zero-order valence-corrected chi connectivity index (χ0v) is 27.3. The third-order valence-electron chi connectivity index (χ3n) is 8.94. The summed E-state index contributed by atoms with van der Waals surface area (Å²) < 4.78 is 14.2. The fraction of sp³-hybridized carbons (Fsp3) is 0.297. The molecule has 0 saturated heterocycles. The number of pyridine rings is 1. The number of carbonyl (C=O) groups excluding carboxylic acids is 1. The van der Waals surface area contributed by atoms with Gasteiger partial charge in [0.25, 0.3) is 0 Å². The molecule has 222 valence electrons. The maximum atomic E-state index is 13.8. The van der Waals surface area contributed by atoms with E-state index in [4.69, 9.17) is 9.47 Å². The summed E-state index contributed by atoms with van der Waals surface area (Å²) in [6.07, 6.45) is 5.60. The first-order valence-electron chi connectivity index (χ1n) is 15.1. The summed E-state index contributed by atoms with van der Waals surface area (Å²) in [5, 5.41) is 1.20. The summed E-state index contributed by atoms with van der Waals surface area (Å²) in [6, 6.07) is 26.1. The number of hydrogen-bond donors (Lipinski definition) is 0. The van der Waals surface area contributed by atoms with Gasteiger partial charge in [-0.25, -0.2) is 0 Å². The van der Waals surface area contributed by atoms with Crippen molar-refractivity contribution in [3.05, 3.63) is 114 Å². The average Bonchev–Trinajstić information content (AvgIpc) is 3.44. The van der Waals surface area contributed by atoms with E-state index in [0.29, 0.717) is 40.1 Å². The van der Waals surface area contributed by atoms with E-state index < -0.39 is 8.24 Å². The molecule has 0 bridgehead atoms. The van der Waals surface area contributed by atoms with E-state index in [1.807, 2.05) is 36.4 Å². The van der Waals surface area contributed by atoms with Crippen LogP contribution in [-0.2, 0) is 6.61 Å². The van der Waals surface area contributed by atoms with Crippen molar-refractivity contribution in [2.24, 2.45) is 0 Å². The number of rotatable bonds is 11. The van der Waals surface area contributed by atoms with Crippen molar-refractivity contribution >= 4 is 24.9 Å². The molecule has 0 fully saturated rings. The summed E-state index contributed by atoms with van der Waals surface area (Å²) >= 11 is 0. The average molecular weight is 591 g/mol. The molecule has 0 N–H and O–H groups in total. The van der Waals surface area contributed by atoms with E-state index in [1.54, 1.807) is 31.6 Å². The molecule has 0 aliphatic rings. The van der Waals surface area contributed by atoms with Crippen molar-refractivity contribution in [2.45, 2.75) is 64.8 Å². The number of fused-ring (bicyclic) bond motifs is 1. The van der Waals surface area contributed by atoms with Gasteiger partial charge in [-0.3, -0.25) is 9.78 Å². The Bertz CT molecular complexity index is 1680. The monoisotopic (exact) mass is 590 g/mol. The number of aromatic nitrogens is 2. The molecule has 43 heavy (non-hydrogen) atoms. The topological polar surface area (TPSA) is 53.4 Å². The Morgan fingerprint density at radius 1 is 0.860 bits per heavy atom. The Hall–Kier alpha value is -4.16. The van der Waals surface area contributed by atoms with Crippen LogP contribution < -0.4 is 9.47 Å². The number of ether oxygens (including phenoxy) is 2. The fourth-order valence-electron chi connectivity index (χ4n) is 7.13. The van der Waals surface area contributed by atoms with Gasteiger partial charge in [-0.05, 0) is 88.0 Å². The quantitative estimate of drug-likeness (QED) is 0.114. The molecule has 6 heteroatoms. The molecule has 0 unspecified atom stereocenters. The Morgan fingerprint density at radius 3 is 2.21 bits per heavy atom. The highest BCUT2D eigenvalue weighted by Crippen LogP contribution is 2.45. The van der Waals surface area contributed by atoms with Gasteiger partial charge in [-0.1, -0.05) is 71.9 Å². The molecule has 2 heterocycles. The number of hydrogen-bond acceptors (Lipinski definition) is 4. The Kier molecular flexibility index (Phi) is 8.88. The fourth-order valence-corrected chi connectivity index (χ4v) is 13.7. The van der Waals surface area contributed by atoms with Gasteiger partial charge in [0, 0.05) is 28.9 Å². The van der Waals surface area contributed by atoms with Gasteiger partial charge in [0.1, 0.15) is 18.1 Å². The smallest absolute Gasteiger partial charge is 0.198 e. The predicted molar refractivity (Wildman–Crippen MR) is 179 cm³/mol. The number of ketones is 1. The van der Waals surface area contributed by atoms with Crippen LogP contribution >= 0.6 is 0 Å². The zero-order valence-electron chi connectivity index (χ0n) is 26.3. The van der Waals surface area contributed by atoms with Crippen LogP contribution in [0.4, 0.5) is 0 Å². The standard InChI is InChI=1S/C37H42N2O3Si/c1-25(2)43(26(3)4,27(5)6)39-21-19-33-32(11-8-12-35(33)39)29-15-18-36(42-24-28-13-16-31(41-7)17-14-28)34(22-29)37(40)30-10-9-20-38-23-30/h8-23,25-27H,24H2,1-7H3. The maximum Gasteiger partial charge on any atom is 0.198 e. The van der Waals surface area contributed by atoms with Crippen LogP contribution in [0.1, 0.15) is 63.0 Å². The SMILES string of the molecule is COc1ccc(COc2ccc(-c3cccc4c3ccn4[Si](C(C)C)(C(C)C)C(C)C)cc2C(=O)c2cccnc2)cc1. The van der Waals surface area contributed by atoms with Crippen molar-refractivity contribution in [3.63, 3.8) is 0 Å². The molecule has 0 atom stereocenters. The third-order valence-corrected chi connectivity index (χ3v) is 15.7. The van der Waals surface area contributed by atoms with Crippen LogP contribution in [0.3, 0.4) is 0 Å². The van der Waals surface area contributed by atoms with Crippen LogP contribution in [-0.4, -0.2) is 30.3 Å². The van der Waals surface area contributed by atoms with E-state index >= 15 is 0 Å². The zero-order chi connectivity index (χ0) is 30.7. The Morgan fingerprint density at radius 2 is 1.58 bits per heavy atom. The first kappa shape index (κ1) is 30.3. The van der Waals surface area contributed by atoms with Crippen molar-refractivity contribution in [2.75, 3.05) is 7.11 Å². The largest absolute Gasteiger partial charge is 0.497 e. The molecule has 2 aromatic heterocycles. The van der Waals surface area contributed by atoms with Gasteiger partial charge in [0.15, 0.2) is 14.0 Å². The molecule has 0 saturated carbocycles. The molecule has 0 radical (unpaired) electrons. The van der Waals surface area contributed by atoms with Crippen LogP contribution in [0.2, 0.25) is 16.6 Å². The lowest BCUT2D eigenvalue weighted by Crippen LogP contribution is -2.51. The van der Waals surface area contributed by atoms with Gasteiger partial charge in [0.05, 0.1) is 12.7 Å². The minimum atomic E-state index is -1.94. The van der Waals surface area contributed by atoms with E-state index in [0.717, 1.165) is 22.4 Å². The minimum Gasteiger partial charge on any atom is -0.497 e. The Labute approximate surface area is 256 Å². The second-order valence-electron chi connectivity index (χ2n) is 12.2. The Balaban J connectivity index is 1.60. The van der Waals surface area contributed by atoms with Crippen LogP contribution in [0.25, 0.3) is 22.0 Å². The van der Waals surface area contributed by atoms with E-state index in [-0.39, 0.29) is 5.78 Å². The molecule has 3 aromatic carbocycles. The van der Waals surface area contributed by atoms with E-state index in [9.17, 15) is 4.79 Å². The highest BCUT2D eigenvalue weighted by atomic mass is 28.3. The lowest BCUT2D eigenvalue weighted by atomic mass is 9.96. The van der Waals surface area contributed by atoms with E-state index in [2.05, 4.69) is 87.3 Å². The van der Waals surface area contributed by atoms with Crippen LogP contribution in [0, 0.1) is 0 Å². The molecule has 5 nitrogen and oxygen atoms in total.